The summed E-state index contributed by atoms with van der Waals surface area (Å²) in [6.07, 6.45) is 1.28. The van der Waals surface area contributed by atoms with Crippen molar-refractivity contribution < 1.29 is 24.5 Å². The number of carbonyl (C=O) groups is 1. The average molecular weight is 250 g/mol. The summed E-state index contributed by atoms with van der Waals surface area (Å²) in [5.74, 6) is -1.69. The Kier molecular flexibility index (Phi) is 2.36. The molecule has 2 aliphatic heterocycles. The molecule has 1 spiro atoms. The number of phenolic OH excluding ortho intramolecular Hbond substituents is 2. The van der Waals surface area contributed by atoms with Crippen LogP contribution in [0.1, 0.15) is 34.3 Å². The van der Waals surface area contributed by atoms with Gasteiger partial charge in [0.1, 0.15) is 11.5 Å². The highest BCUT2D eigenvalue weighted by molar-refractivity contribution is 6.04. The van der Waals surface area contributed by atoms with Gasteiger partial charge in [0, 0.05) is 23.1 Å². The molecule has 1 aromatic carbocycles. The van der Waals surface area contributed by atoms with E-state index in [0.29, 0.717) is 29.7 Å². The smallest absolute Gasteiger partial charge is 0.234 e. The molecule has 2 heterocycles. The van der Waals surface area contributed by atoms with Crippen LogP contribution in [0.15, 0.2) is 6.07 Å². The first-order valence-corrected chi connectivity index (χ1v) is 5.92. The molecule has 0 saturated carbocycles. The zero-order chi connectivity index (χ0) is 12.9. The van der Waals surface area contributed by atoms with Gasteiger partial charge in [-0.2, -0.15) is 0 Å². The second-order valence-corrected chi connectivity index (χ2v) is 4.72. The molecule has 1 aromatic rings. The summed E-state index contributed by atoms with van der Waals surface area (Å²) in [6, 6.07) is 1.39. The molecule has 1 atom stereocenters. The Balaban J connectivity index is 2.14. The molecule has 0 unspecified atom stereocenters. The number of fused-ring (bicyclic) bond motifs is 1. The third-order valence-electron chi connectivity index (χ3n) is 3.66. The minimum Gasteiger partial charge on any atom is -0.508 e. The first kappa shape index (κ1) is 11.5. The number of ether oxygens (including phenoxy) is 2. The van der Waals surface area contributed by atoms with Crippen LogP contribution >= 0.6 is 0 Å². The third-order valence-corrected chi connectivity index (χ3v) is 3.66. The van der Waals surface area contributed by atoms with Gasteiger partial charge in [0.25, 0.3) is 0 Å². The van der Waals surface area contributed by atoms with Crippen LogP contribution < -0.4 is 0 Å². The van der Waals surface area contributed by atoms with Gasteiger partial charge in [-0.25, -0.2) is 0 Å². The Morgan fingerprint density at radius 3 is 2.78 bits per heavy atom. The molecule has 1 fully saturated rings. The fourth-order valence-corrected chi connectivity index (χ4v) is 2.52. The summed E-state index contributed by atoms with van der Waals surface area (Å²) in [6.45, 7) is 2.20. The number of ketones is 1. The number of benzene rings is 1. The lowest BCUT2D eigenvalue weighted by atomic mass is 9.91. The van der Waals surface area contributed by atoms with Crippen LogP contribution in [0.3, 0.4) is 0 Å². The lowest BCUT2D eigenvalue weighted by molar-refractivity contribution is -0.185. The summed E-state index contributed by atoms with van der Waals surface area (Å²) in [4.78, 5) is 12.4. The molecule has 2 N–H and O–H groups in total. The number of hydrogen-bond acceptors (Lipinski definition) is 5. The van der Waals surface area contributed by atoms with Gasteiger partial charge in [0.05, 0.1) is 13.2 Å². The molecule has 96 valence electrons. The summed E-state index contributed by atoms with van der Waals surface area (Å²) in [5, 5.41) is 19.7. The van der Waals surface area contributed by atoms with Gasteiger partial charge in [-0.3, -0.25) is 4.79 Å². The van der Waals surface area contributed by atoms with E-state index in [0.717, 1.165) is 6.42 Å². The largest absolute Gasteiger partial charge is 0.508 e. The van der Waals surface area contributed by atoms with Crippen molar-refractivity contribution in [3.63, 3.8) is 0 Å². The summed E-state index contributed by atoms with van der Waals surface area (Å²) < 4.78 is 11.0. The number of hydrogen-bond donors (Lipinski definition) is 2. The van der Waals surface area contributed by atoms with Crippen molar-refractivity contribution in [3.05, 3.63) is 22.8 Å². The Labute approximate surface area is 104 Å². The molecule has 2 aliphatic rings. The Bertz CT molecular complexity index is 529. The fraction of sp³-hybridized carbons (Fsp3) is 0.462. The molecule has 0 amide bonds. The minimum atomic E-state index is -1.21. The van der Waals surface area contributed by atoms with Crippen LogP contribution in [-0.4, -0.2) is 28.4 Å². The van der Waals surface area contributed by atoms with Crippen molar-refractivity contribution in [2.45, 2.75) is 32.2 Å². The molecule has 0 bridgehead atoms. The first-order valence-electron chi connectivity index (χ1n) is 5.92. The van der Waals surface area contributed by atoms with Crippen molar-refractivity contribution in [2.75, 3.05) is 6.61 Å². The SMILES string of the molecule is Cc1c(O)cc2c(c1O)CO[C@]1(CCCO1)C2=O. The first-order chi connectivity index (χ1) is 8.55. The van der Waals surface area contributed by atoms with Crippen LogP contribution in [-0.2, 0) is 16.1 Å². The number of Topliss-reactive ketones (excluding diaryl/α,β-unsaturated/α-hetero) is 1. The molecule has 0 aromatic heterocycles. The van der Waals surface area contributed by atoms with Crippen LogP contribution in [0, 0.1) is 6.92 Å². The van der Waals surface area contributed by atoms with Crippen molar-refractivity contribution >= 4 is 5.78 Å². The maximum absolute atomic E-state index is 12.4. The normalized spacial score (nSPS) is 26.6. The van der Waals surface area contributed by atoms with Crippen molar-refractivity contribution in [3.8, 4) is 11.5 Å². The van der Waals surface area contributed by atoms with E-state index in [9.17, 15) is 15.0 Å². The van der Waals surface area contributed by atoms with Gasteiger partial charge in [-0.1, -0.05) is 0 Å². The minimum absolute atomic E-state index is 0.0776. The number of aromatic hydroxyl groups is 2. The van der Waals surface area contributed by atoms with E-state index in [1.165, 1.54) is 6.07 Å². The zero-order valence-electron chi connectivity index (χ0n) is 10.0. The highest BCUT2D eigenvalue weighted by Crippen LogP contribution is 2.42. The van der Waals surface area contributed by atoms with E-state index in [-0.39, 0.29) is 23.9 Å². The molecule has 5 nitrogen and oxygen atoms in total. The Morgan fingerprint density at radius 2 is 2.11 bits per heavy atom. The lowest BCUT2D eigenvalue weighted by Crippen LogP contribution is -2.44. The van der Waals surface area contributed by atoms with Crippen LogP contribution in [0.25, 0.3) is 0 Å². The second-order valence-electron chi connectivity index (χ2n) is 4.72. The highest BCUT2D eigenvalue weighted by atomic mass is 16.7. The number of rotatable bonds is 0. The quantitative estimate of drug-likeness (QED) is 0.731. The number of phenols is 2. The molecule has 3 rings (SSSR count). The number of carbonyl (C=O) groups excluding carboxylic acids is 1. The maximum Gasteiger partial charge on any atom is 0.234 e. The van der Waals surface area contributed by atoms with Crippen LogP contribution in [0.2, 0.25) is 0 Å². The predicted octanol–water partition coefficient (Wildman–Crippen LogP) is 1.63. The summed E-state index contributed by atoms with van der Waals surface area (Å²) in [7, 11) is 0. The molecule has 0 aliphatic carbocycles. The van der Waals surface area contributed by atoms with Gasteiger partial charge >= 0.3 is 0 Å². The second kappa shape index (κ2) is 3.70. The fourth-order valence-electron chi connectivity index (χ4n) is 2.52. The molecule has 5 heteroatoms. The lowest BCUT2D eigenvalue weighted by Gasteiger charge is -2.32. The van der Waals surface area contributed by atoms with Gasteiger partial charge in [0.15, 0.2) is 0 Å². The van der Waals surface area contributed by atoms with Crippen molar-refractivity contribution in [1.29, 1.82) is 0 Å². The van der Waals surface area contributed by atoms with E-state index in [2.05, 4.69) is 0 Å². The summed E-state index contributed by atoms with van der Waals surface area (Å²) in [5.41, 5.74) is 1.08. The van der Waals surface area contributed by atoms with Gasteiger partial charge in [0.2, 0.25) is 11.6 Å². The van der Waals surface area contributed by atoms with E-state index >= 15 is 0 Å². The Morgan fingerprint density at radius 1 is 1.33 bits per heavy atom. The van der Waals surface area contributed by atoms with E-state index in [1.807, 2.05) is 0 Å². The third kappa shape index (κ3) is 1.38. The topological polar surface area (TPSA) is 76.0 Å². The van der Waals surface area contributed by atoms with Crippen LogP contribution in [0.5, 0.6) is 11.5 Å². The maximum atomic E-state index is 12.4. The summed E-state index contributed by atoms with van der Waals surface area (Å²) >= 11 is 0. The molecule has 1 saturated heterocycles. The zero-order valence-corrected chi connectivity index (χ0v) is 10.0. The van der Waals surface area contributed by atoms with Crippen molar-refractivity contribution in [1.82, 2.24) is 0 Å². The average Bonchev–Trinajstić information content (AvgIpc) is 2.82. The molecule has 18 heavy (non-hydrogen) atoms. The monoisotopic (exact) mass is 250 g/mol. The van der Waals surface area contributed by atoms with Gasteiger partial charge in [-0.05, 0) is 19.4 Å². The Hall–Kier alpha value is -1.59. The van der Waals surface area contributed by atoms with E-state index < -0.39 is 5.79 Å². The molecule has 0 radical (unpaired) electrons. The predicted molar refractivity (Wildman–Crippen MR) is 61.5 cm³/mol. The van der Waals surface area contributed by atoms with Crippen molar-refractivity contribution in [2.24, 2.45) is 0 Å². The molecular weight excluding hydrogens is 236 g/mol. The highest BCUT2D eigenvalue weighted by Gasteiger charge is 2.48. The molecular formula is C13H14O5. The standard InChI is InChI=1S/C13H14O5/c1-7-10(14)5-8-9(11(7)15)6-18-13(12(8)16)3-2-4-17-13/h5,14-15H,2-4,6H2,1H3/t13-/m1/s1. The van der Waals surface area contributed by atoms with Gasteiger partial charge in [-0.15, -0.1) is 0 Å². The van der Waals surface area contributed by atoms with E-state index in [4.69, 9.17) is 9.47 Å². The van der Waals surface area contributed by atoms with E-state index in [1.54, 1.807) is 6.92 Å². The van der Waals surface area contributed by atoms with Crippen LogP contribution in [0.4, 0.5) is 0 Å². The van der Waals surface area contributed by atoms with Gasteiger partial charge < -0.3 is 19.7 Å².